The second-order valence-corrected chi connectivity index (χ2v) is 8.08. The van der Waals surface area contributed by atoms with Gasteiger partial charge >= 0.3 is 0 Å². The molecule has 0 saturated heterocycles. The van der Waals surface area contributed by atoms with Gasteiger partial charge in [0.2, 0.25) is 4.80 Å². The van der Waals surface area contributed by atoms with E-state index in [1.165, 1.54) is 0 Å². The van der Waals surface area contributed by atoms with Crippen molar-refractivity contribution in [3.63, 3.8) is 0 Å². The maximum absolute atomic E-state index is 6.06. The van der Waals surface area contributed by atoms with Crippen LogP contribution in [0.5, 0.6) is 0 Å². The van der Waals surface area contributed by atoms with Crippen molar-refractivity contribution in [2.75, 3.05) is 0 Å². The van der Waals surface area contributed by atoms with E-state index in [-0.39, 0.29) is 0 Å². The molecule has 0 radical (unpaired) electrons. The van der Waals surface area contributed by atoms with Crippen molar-refractivity contribution in [2.45, 2.75) is 6.92 Å². The van der Waals surface area contributed by atoms with Crippen LogP contribution in [0.15, 0.2) is 94.4 Å². The first-order chi connectivity index (χ1) is 14.1. The summed E-state index contributed by atoms with van der Waals surface area (Å²) in [4.78, 5) is 0.787. The van der Waals surface area contributed by atoms with Gasteiger partial charge in [0.15, 0.2) is 0 Å². The highest BCUT2D eigenvalue weighted by molar-refractivity contribution is 7.07. The molecule has 3 nitrogen and oxygen atoms in total. The minimum Gasteiger partial charge on any atom is -0.284 e. The molecule has 3 aromatic carbocycles. The lowest BCUT2D eigenvalue weighted by Gasteiger charge is -2.09. The monoisotopic (exact) mass is 437 g/mol. The molecule has 144 valence electrons. The van der Waals surface area contributed by atoms with E-state index in [0.29, 0.717) is 10.0 Å². The molecule has 29 heavy (non-hydrogen) atoms. The summed E-state index contributed by atoms with van der Waals surface area (Å²) < 4.78 is 2.10. The Balaban J connectivity index is 1.83. The van der Waals surface area contributed by atoms with Crippen molar-refractivity contribution < 1.29 is 0 Å². The Morgan fingerprint density at radius 2 is 1.45 bits per heavy atom. The van der Waals surface area contributed by atoms with Gasteiger partial charge in [-0.05, 0) is 54.4 Å². The van der Waals surface area contributed by atoms with Gasteiger partial charge in [0, 0.05) is 21.1 Å². The Morgan fingerprint density at radius 3 is 2.10 bits per heavy atom. The summed E-state index contributed by atoms with van der Waals surface area (Å²) in [7, 11) is 0. The molecular weight excluding hydrogens is 421 g/mol. The number of hydrogen-bond acceptors (Lipinski definition) is 3. The summed E-state index contributed by atoms with van der Waals surface area (Å²) in [6.45, 7) is 1.94. The third-order valence-electron chi connectivity index (χ3n) is 4.41. The molecule has 6 heteroatoms. The molecule has 0 spiro atoms. The molecule has 0 amide bonds. The zero-order valence-electron chi connectivity index (χ0n) is 15.6. The van der Waals surface area contributed by atoms with Crippen LogP contribution >= 0.6 is 34.5 Å². The maximum atomic E-state index is 6.06. The van der Waals surface area contributed by atoms with Crippen LogP contribution in [0.1, 0.15) is 12.5 Å². The third kappa shape index (κ3) is 4.51. The minimum absolute atomic E-state index is 0.700. The topological polar surface area (TPSA) is 29.6 Å². The Morgan fingerprint density at radius 1 is 0.828 bits per heavy atom. The number of hydrogen-bond donors (Lipinski definition) is 0. The number of thiazole rings is 1. The summed E-state index contributed by atoms with van der Waals surface area (Å²) in [5.74, 6) is 0. The molecule has 1 aromatic heterocycles. The van der Waals surface area contributed by atoms with E-state index >= 15 is 0 Å². The van der Waals surface area contributed by atoms with Gasteiger partial charge in [0.05, 0.1) is 11.4 Å². The first-order valence-electron chi connectivity index (χ1n) is 8.98. The van der Waals surface area contributed by atoms with Crippen molar-refractivity contribution in [3.05, 3.63) is 105 Å². The Labute approximate surface area is 183 Å². The van der Waals surface area contributed by atoms with Crippen molar-refractivity contribution in [2.24, 2.45) is 10.2 Å². The zero-order valence-corrected chi connectivity index (χ0v) is 17.9. The van der Waals surface area contributed by atoms with Crippen LogP contribution in [-0.2, 0) is 0 Å². The average Bonchev–Trinajstić information content (AvgIpc) is 3.17. The first kappa shape index (κ1) is 19.6. The summed E-state index contributed by atoms with van der Waals surface area (Å²) in [6.07, 6.45) is 0. The second kappa shape index (κ2) is 8.78. The molecule has 0 aliphatic carbocycles. The fourth-order valence-corrected chi connectivity index (χ4v) is 4.00. The number of nitrogens with zero attached hydrogens (tertiary/aromatic N) is 3. The lowest BCUT2D eigenvalue weighted by Crippen LogP contribution is -2.13. The Kier molecular flexibility index (Phi) is 5.95. The summed E-state index contributed by atoms with van der Waals surface area (Å²) >= 11 is 13.6. The SMILES string of the molecule is C/C(=N\N=c1\scc(-c2ccc(Cl)cc2)n1-c1ccccc1)c1ccc(Cl)cc1. The molecule has 0 saturated carbocycles. The van der Waals surface area contributed by atoms with Gasteiger partial charge in [-0.25, -0.2) is 0 Å². The van der Waals surface area contributed by atoms with E-state index < -0.39 is 0 Å². The van der Waals surface area contributed by atoms with E-state index in [1.807, 2.05) is 73.7 Å². The van der Waals surface area contributed by atoms with E-state index in [4.69, 9.17) is 23.2 Å². The van der Waals surface area contributed by atoms with Crippen LogP contribution in [0, 0.1) is 0 Å². The first-order valence-corrected chi connectivity index (χ1v) is 10.6. The van der Waals surface area contributed by atoms with Crippen molar-refractivity contribution in [1.29, 1.82) is 0 Å². The van der Waals surface area contributed by atoms with Gasteiger partial charge in [0.1, 0.15) is 0 Å². The predicted octanol–water partition coefficient (Wildman–Crippen LogP) is 6.84. The lowest BCUT2D eigenvalue weighted by molar-refractivity contribution is 0.970. The maximum Gasteiger partial charge on any atom is 0.215 e. The molecular formula is C23H17Cl2N3S. The molecule has 4 rings (SSSR count). The number of rotatable bonds is 4. The fraction of sp³-hybridized carbons (Fsp3) is 0.0435. The molecule has 0 unspecified atom stereocenters. The highest BCUT2D eigenvalue weighted by Crippen LogP contribution is 2.25. The van der Waals surface area contributed by atoms with Crippen molar-refractivity contribution in [1.82, 2.24) is 4.57 Å². The molecule has 0 N–H and O–H groups in total. The molecule has 1 heterocycles. The lowest BCUT2D eigenvalue weighted by atomic mass is 10.1. The van der Waals surface area contributed by atoms with Gasteiger partial charge in [-0.1, -0.05) is 65.7 Å². The van der Waals surface area contributed by atoms with Crippen molar-refractivity contribution in [3.8, 4) is 16.9 Å². The molecule has 0 aliphatic heterocycles. The largest absolute Gasteiger partial charge is 0.284 e. The van der Waals surface area contributed by atoms with Crippen LogP contribution in [0.3, 0.4) is 0 Å². The number of para-hydroxylation sites is 1. The molecule has 4 aromatic rings. The van der Waals surface area contributed by atoms with Gasteiger partial charge in [0.25, 0.3) is 0 Å². The predicted molar refractivity (Wildman–Crippen MR) is 123 cm³/mol. The number of benzene rings is 3. The number of halogens is 2. The molecule has 0 fully saturated rings. The normalized spacial score (nSPS) is 12.4. The van der Waals surface area contributed by atoms with Gasteiger partial charge in [-0.2, -0.15) is 5.10 Å². The van der Waals surface area contributed by atoms with E-state index in [2.05, 4.69) is 32.3 Å². The van der Waals surface area contributed by atoms with Gasteiger partial charge in [-0.3, -0.25) is 4.57 Å². The van der Waals surface area contributed by atoms with Crippen LogP contribution in [0.4, 0.5) is 0 Å². The quantitative estimate of drug-likeness (QED) is 0.247. The molecule has 0 aliphatic rings. The fourth-order valence-electron chi connectivity index (χ4n) is 2.90. The standard InChI is InChI=1S/C23H17Cl2N3S/c1-16(17-7-11-19(24)12-8-17)26-27-23-28(21-5-3-2-4-6-21)22(15-29-23)18-9-13-20(25)14-10-18/h2-15H,1H3/b26-16+,27-23+. The molecule has 0 bridgehead atoms. The van der Waals surface area contributed by atoms with Crippen LogP contribution in [-0.4, -0.2) is 10.3 Å². The minimum atomic E-state index is 0.700. The van der Waals surface area contributed by atoms with E-state index in [1.54, 1.807) is 11.3 Å². The van der Waals surface area contributed by atoms with Crippen LogP contribution in [0.2, 0.25) is 10.0 Å². The average molecular weight is 438 g/mol. The Hall–Kier alpha value is -2.66. The highest BCUT2D eigenvalue weighted by Gasteiger charge is 2.10. The highest BCUT2D eigenvalue weighted by atomic mass is 35.5. The van der Waals surface area contributed by atoms with E-state index in [9.17, 15) is 0 Å². The second-order valence-electron chi connectivity index (χ2n) is 6.37. The van der Waals surface area contributed by atoms with Crippen LogP contribution < -0.4 is 4.80 Å². The van der Waals surface area contributed by atoms with Gasteiger partial charge in [-0.15, -0.1) is 16.4 Å². The van der Waals surface area contributed by atoms with Crippen molar-refractivity contribution >= 4 is 40.3 Å². The summed E-state index contributed by atoms with van der Waals surface area (Å²) in [5, 5.41) is 12.5. The third-order valence-corrected chi connectivity index (χ3v) is 5.73. The van der Waals surface area contributed by atoms with Crippen LogP contribution in [0.25, 0.3) is 16.9 Å². The van der Waals surface area contributed by atoms with E-state index in [0.717, 1.165) is 33.0 Å². The molecule has 0 atom stereocenters. The zero-order chi connectivity index (χ0) is 20.2. The summed E-state index contributed by atoms with van der Waals surface area (Å²) in [6, 6.07) is 25.5. The van der Waals surface area contributed by atoms with Gasteiger partial charge < -0.3 is 0 Å². The number of aromatic nitrogens is 1. The smallest absolute Gasteiger partial charge is 0.215 e. The Bertz CT molecular complexity index is 1210. The summed E-state index contributed by atoms with van der Waals surface area (Å²) in [5.41, 5.74) is 4.93.